The summed E-state index contributed by atoms with van der Waals surface area (Å²) in [4.78, 5) is 38.5. The molecule has 0 amide bonds. The predicted molar refractivity (Wildman–Crippen MR) is 358 cm³/mol. The average molecular weight is 1150 g/mol. The number of rotatable bonds is 70. The SMILES string of the molecule is CCCCCCCC/C=C\CCCCCCCCCCCC(=O)OCC(COC(=O)CCCCCCCCCCCCCCCCCCCCCCCCCC)OC(=O)CCCCCCCCCCC/C=C\CCCCCCCCCC. The Balaban J connectivity index is 4.29. The Bertz CT molecular complexity index is 1320. The Kier molecular flexibility index (Phi) is 69.5. The highest BCUT2D eigenvalue weighted by atomic mass is 16.6. The van der Waals surface area contributed by atoms with Gasteiger partial charge < -0.3 is 14.2 Å². The first kappa shape index (κ1) is 79.9. The molecule has 1 atom stereocenters. The minimum atomic E-state index is -0.772. The van der Waals surface area contributed by atoms with Gasteiger partial charge in [0.05, 0.1) is 0 Å². The van der Waals surface area contributed by atoms with E-state index in [0.717, 1.165) is 57.8 Å². The smallest absolute Gasteiger partial charge is 0.306 e. The van der Waals surface area contributed by atoms with Crippen LogP contribution in [0.4, 0.5) is 0 Å². The van der Waals surface area contributed by atoms with Crippen molar-refractivity contribution in [2.45, 2.75) is 431 Å². The monoisotopic (exact) mass is 1150 g/mol. The zero-order chi connectivity index (χ0) is 59.2. The highest BCUT2D eigenvalue weighted by molar-refractivity contribution is 5.71. The molecule has 0 fully saturated rings. The molecule has 0 radical (unpaired) electrons. The van der Waals surface area contributed by atoms with Gasteiger partial charge in [0.15, 0.2) is 6.10 Å². The molecule has 0 aromatic rings. The summed E-state index contributed by atoms with van der Waals surface area (Å²) in [6, 6.07) is 0. The van der Waals surface area contributed by atoms with Crippen molar-refractivity contribution in [2.75, 3.05) is 13.2 Å². The highest BCUT2D eigenvalue weighted by Crippen LogP contribution is 2.19. The van der Waals surface area contributed by atoms with Crippen LogP contribution in [0, 0.1) is 0 Å². The second kappa shape index (κ2) is 71.4. The summed E-state index contributed by atoms with van der Waals surface area (Å²) in [5.74, 6) is -0.835. The van der Waals surface area contributed by atoms with Crippen LogP contribution in [-0.4, -0.2) is 37.2 Å². The molecule has 0 saturated heterocycles. The van der Waals surface area contributed by atoms with Gasteiger partial charge in [-0.25, -0.2) is 0 Å². The first-order valence-electron chi connectivity index (χ1n) is 37.3. The number of hydrogen-bond donors (Lipinski definition) is 0. The van der Waals surface area contributed by atoms with Gasteiger partial charge in [0, 0.05) is 19.3 Å². The van der Waals surface area contributed by atoms with E-state index in [4.69, 9.17) is 14.2 Å². The van der Waals surface area contributed by atoms with Crippen molar-refractivity contribution in [3.05, 3.63) is 24.3 Å². The molecule has 484 valence electrons. The first-order valence-corrected chi connectivity index (χ1v) is 37.3. The van der Waals surface area contributed by atoms with E-state index >= 15 is 0 Å². The maximum absolute atomic E-state index is 13.0. The third-order valence-electron chi connectivity index (χ3n) is 17.2. The number of allylic oxidation sites excluding steroid dienone is 4. The van der Waals surface area contributed by atoms with Crippen molar-refractivity contribution < 1.29 is 28.6 Å². The Morgan fingerprint density at radius 2 is 0.402 bits per heavy atom. The van der Waals surface area contributed by atoms with Gasteiger partial charge in [-0.3, -0.25) is 14.4 Å². The molecule has 1 unspecified atom stereocenters. The molecule has 0 saturated carbocycles. The molecule has 82 heavy (non-hydrogen) atoms. The highest BCUT2D eigenvalue weighted by Gasteiger charge is 2.20. The van der Waals surface area contributed by atoms with Crippen LogP contribution in [-0.2, 0) is 28.6 Å². The number of esters is 3. The first-order chi connectivity index (χ1) is 40.5. The van der Waals surface area contributed by atoms with Gasteiger partial charge in [0.1, 0.15) is 13.2 Å². The largest absolute Gasteiger partial charge is 0.462 e. The van der Waals surface area contributed by atoms with E-state index in [1.54, 1.807) is 0 Å². The van der Waals surface area contributed by atoms with E-state index in [0.29, 0.717) is 19.3 Å². The second-order valence-electron chi connectivity index (χ2n) is 25.6. The Morgan fingerprint density at radius 1 is 0.232 bits per heavy atom. The number of unbranched alkanes of at least 4 members (excludes halogenated alkanes) is 55. The van der Waals surface area contributed by atoms with Gasteiger partial charge in [0.2, 0.25) is 0 Å². The van der Waals surface area contributed by atoms with Gasteiger partial charge in [-0.2, -0.15) is 0 Å². The quantitative estimate of drug-likeness (QED) is 0.0261. The van der Waals surface area contributed by atoms with Crippen LogP contribution in [0.5, 0.6) is 0 Å². The molecule has 0 spiro atoms. The van der Waals surface area contributed by atoms with Crippen LogP contribution in [0.25, 0.3) is 0 Å². The van der Waals surface area contributed by atoms with Crippen LogP contribution in [0.3, 0.4) is 0 Å². The lowest BCUT2D eigenvalue weighted by molar-refractivity contribution is -0.167. The fourth-order valence-electron chi connectivity index (χ4n) is 11.6. The summed E-state index contributed by atoms with van der Waals surface area (Å²) in [5.41, 5.74) is 0. The van der Waals surface area contributed by atoms with Gasteiger partial charge in [-0.05, 0) is 70.6 Å². The van der Waals surface area contributed by atoms with Crippen molar-refractivity contribution in [1.29, 1.82) is 0 Å². The molecule has 0 heterocycles. The summed E-state index contributed by atoms with van der Waals surface area (Å²) in [5, 5.41) is 0. The molecule has 0 aliphatic heterocycles. The summed E-state index contributed by atoms with van der Waals surface area (Å²) < 4.78 is 17.0. The van der Waals surface area contributed by atoms with Crippen molar-refractivity contribution in [2.24, 2.45) is 0 Å². The maximum atomic E-state index is 13.0. The molecule has 6 nitrogen and oxygen atoms in total. The van der Waals surface area contributed by atoms with Crippen LogP contribution in [0.15, 0.2) is 24.3 Å². The lowest BCUT2D eigenvalue weighted by atomic mass is 10.0. The number of ether oxygens (including phenoxy) is 3. The van der Waals surface area contributed by atoms with Crippen LogP contribution >= 0.6 is 0 Å². The van der Waals surface area contributed by atoms with E-state index in [1.165, 1.54) is 327 Å². The molecular weight excluding hydrogens is 1010 g/mol. The van der Waals surface area contributed by atoms with Crippen LogP contribution < -0.4 is 0 Å². The van der Waals surface area contributed by atoms with Gasteiger partial charge in [0.25, 0.3) is 0 Å². The lowest BCUT2D eigenvalue weighted by Gasteiger charge is -2.18. The second-order valence-corrected chi connectivity index (χ2v) is 25.6. The molecular formula is C76H144O6. The zero-order valence-corrected chi connectivity index (χ0v) is 55.8. The third-order valence-corrected chi connectivity index (χ3v) is 17.2. The molecule has 0 rings (SSSR count). The van der Waals surface area contributed by atoms with Gasteiger partial charge in [-0.1, -0.05) is 360 Å². The maximum Gasteiger partial charge on any atom is 0.306 e. The Hall–Kier alpha value is -2.11. The number of carbonyl (C=O) groups is 3. The fourth-order valence-corrected chi connectivity index (χ4v) is 11.6. The zero-order valence-electron chi connectivity index (χ0n) is 55.8. The average Bonchev–Trinajstić information content (AvgIpc) is 3.47. The topological polar surface area (TPSA) is 78.9 Å². The molecule has 0 aromatic carbocycles. The summed E-state index contributed by atoms with van der Waals surface area (Å²) in [6.07, 6.45) is 87.8. The van der Waals surface area contributed by atoms with Crippen LogP contribution in [0.1, 0.15) is 425 Å². The van der Waals surface area contributed by atoms with E-state index in [1.807, 2.05) is 0 Å². The van der Waals surface area contributed by atoms with Gasteiger partial charge in [-0.15, -0.1) is 0 Å². The Labute approximate surface area is 513 Å². The van der Waals surface area contributed by atoms with Gasteiger partial charge >= 0.3 is 17.9 Å². The summed E-state index contributed by atoms with van der Waals surface area (Å²) >= 11 is 0. The minimum Gasteiger partial charge on any atom is -0.462 e. The predicted octanol–water partition coefficient (Wildman–Crippen LogP) is 25.7. The fraction of sp³-hybridized carbons (Fsp3) is 0.908. The molecule has 0 aliphatic rings. The standard InChI is InChI=1S/C76H144O6/c1-4-7-10-13-16-19-22-25-28-31-34-36-37-38-40-42-45-48-51-54-57-60-63-66-69-75(78)81-72-73(71-80-74(77)68-65-62-59-56-53-50-47-44-41-33-30-27-24-21-18-15-12-9-6-3)82-76(79)70-67-64-61-58-55-52-49-46-43-39-35-32-29-26-23-20-17-14-11-8-5-2/h27,30,32,35,73H,4-26,28-29,31,33-34,36-72H2,1-3H3/b30-27-,35-32-. The van der Waals surface area contributed by atoms with Crippen LogP contribution in [0.2, 0.25) is 0 Å². The molecule has 0 aliphatic carbocycles. The van der Waals surface area contributed by atoms with Crippen molar-refractivity contribution in [3.8, 4) is 0 Å². The van der Waals surface area contributed by atoms with E-state index in [-0.39, 0.29) is 31.1 Å². The number of hydrogen-bond acceptors (Lipinski definition) is 6. The Morgan fingerprint density at radius 3 is 0.610 bits per heavy atom. The van der Waals surface area contributed by atoms with Crippen molar-refractivity contribution in [3.63, 3.8) is 0 Å². The van der Waals surface area contributed by atoms with Crippen molar-refractivity contribution in [1.82, 2.24) is 0 Å². The molecule has 0 N–H and O–H groups in total. The minimum absolute atomic E-state index is 0.0667. The molecule has 0 aromatic heterocycles. The van der Waals surface area contributed by atoms with E-state index in [2.05, 4.69) is 45.1 Å². The van der Waals surface area contributed by atoms with E-state index in [9.17, 15) is 14.4 Å². The summed E-state index contributed by atoms with van der Waals surface area (Å²) in [6.45, 7) is 6.73. The van der Waals surface area contributed by atoms with Crippen molar-refractivity contribution >= 4 is 17.9 Å². The number of carbonyl (C=O) groups excluding carboxylic acids is 3. The summed E-state index contributed by atoms with van der Waals surface area (Å²) in [7, 11) is 0. The third kappa shape index (κ3) is 68.7. The molecule has 6 heteroatoms. The lowest BCUT2D eigenvalue weighted by Crippen LogP contribution is -2.30. The van der Waals surface area contributed by atoms with E-state index < -0.39 is 6.10 Å². The normalized spacial score (nSPS) is 12.1. The molecule has 0 bridgehead atoms.